The Hall–Kier alpha value is -3.05. The fourth-order valence-corrected chi connectivity index (χ4v) is 4.89. The number of hydrogen-bond acceptors (Lipinski definition) is 7. The molecule has 0 amide bonds. The molecule has 1 N–H and O–H groups in total. The number of nitrogens with zero attached hydrogens (tertiary/aromatic N) is 7. The summed E-state index contributed by atoms with van der Waals surface area (Å²) in [7, 11) is 0. The Bertz CT molecular complexity index is 1070. The molecule has 0 spiro atoms. The lowest BCUT2D eigenvalue weighted by Crippen LogP contribution is -2.45. The van der Waals surface area contributed by atoms with Gasteiger partial charge in [0.15, 0.2) is 5.82 Å². The first-order valence-corrected chi connectivity index (χ1v) is 10.3. The molecule has 168 valence electrons. The standard InChI is InChI=1S/C21H22F3N7O/c22-16-1-2-18(19(24)3-16)21(32,11-31-13-25-12-28-31)10-29-6-14-8-30(9-15(14)7-29)20-26-4-17(23)5-27-20/h1-5,12-15,32H,6-11H2. The monoisotopic (exact) mass is 445 g/mol. The van der Waals surface area contributed by atoms with Crippen LogP contribution in [0.2, 0.25) is 0 Å². The third-order valence-corrected chi connectivity index (χ3v) is 6.26. The van der Waals surface area contributed by atoms with Crippen LogP contribution in [0.4, 0.5) is 19.1 Å². The van der Waals surface area contributed by atoms with Crippen molar-refractivity contribution in [2.45, 2.75) is 12.1 Å². The summed E-state index contributed by atoms with van der Waals surface area (Å²) in [6.45, 7) is 2.99. The maximum atomic E-state index is 14.6. The van der Waals surface area contributed by atoms with Gasteiger partial charge in [-0.05, 0) is 17.9 Å². The maximum Gasteiger partial charge on any atom is 0.225 e. The summed E-state index contributed by atoms with van der Waals surface area (Å²) in [6, 6.07) is 3.21. The zero-order valence-electron chi connectivity index (χ0n) is 17.2. The minimum atomic E-state index is -1.62. The molecule has 0 aliphatic carbocycles. The summed E-state index contributed by atoms with van der Waals surface area (Å²) in [5.74, 6) is -0.836. The normalized spacial score (nSPS) is 22.8. The quantitative estimate of drug-likeness (QED) is 0.615. The lowest BCUT2D eigenvalue weighted by atomic mass is 9.92. The second-order valence-corrected chi connectivity index (χ2v) is 8.57. The molecule has 2 aliphatic heterocycles. The maximum absolute atomic E-state index is 14.6. The molecule has 1 aromatic carbocycles. The van der Waals surface area contributed by atoms with Crippen LogP contribution < -0.4 is 4.90 Å². The Morgan fingerprint density at radius 2 is 1.69 bits per heavy atom. The van der Waals surface area contributed by atoms with Crippen molar-refractivity contribution in [1.82, 2.24) is 29.6 Å². The van der Waals surface area contributed by atoms with Gasteiger partial charge in [-0.2, -0.15) is 5.10 Å². The molecular formula is C21H22F3N7O. The van der Waals surface area contributed by atoms with Gasteiger partial charge in [0.1, 0.15) is 29.9 Å². The first-order chi connectivity index (χ1) is 15.4. The van der Waals surface area contributed by atoms with Crippen molar-refractivity contribution >= 4 is 5.95 Å². The van der Waals surface area contributed by atoms with E-state index in [0.717, 1.165) is 37.6 Å². The molecule has 0 radical (unpaired) electrons. The Balaban J connectivity index is 1.31. The van der Waals surface area contributed by atoms with Crippen LogP contribution in [0, 0.1) is 29.3 Å². The highest BCUT2D eigenvalue weighted by Gasteiger charge is 2.44. The number of aliphatic hydroxyl groups is 1. The molecule has 2 aromatic heterocycles. The summed E-state index contributed by atoms with van der Waals surface area (Å²) in [5, 5.41) is 15.6. The number of benzene rings is 1. The van der Waals surface area contributed by atoms with Crippen molar-refractivity contribution in [2.75, 3.05) is 37.6 Å². The van der Waals surface area contributed by atoms with Crippen LogP contribution in [-0.2, 0) is 12.1 Å². The van der Waals surface area contributed by atoms with Crippen LogP contribution in [-0.4, -0.2) is 67.5 Å². The largest absolute Gasteiger partial charge is 0.382 e. The third kappa shape index (κ3) is 4.05. The number of likely N-dealkylation sites (tertiary alicyclic amines) is 1. The molecule has 3 unspecified atom stereocenters. The summed E-state index contributed by atoms with van der Waals surface area (Å²) in [6.07, 6.45) is 5.11. The van der Waals surface area contributed by atoms with Gasteiger partial charge in [0, 0.05) is 44.4 Å². The number of hydrogen-bond donors (Lipinski definition) is 1. The number of halogens is 3. The number of fused-ring (bicyclic) bond motifs is 1. The Morgan fingerprint density at radius 3 is 2.31 bits per heavy atom. The van der Waals surface area contributed by atoms with Gasteiger partial charge in [-0.3, -0.25) is 4.90 Å². The van der Waals surface area contributed by atoms with E-state index in [-0.39, 0.29) is 18.7 Å². The van der Waals surface area contributed by atoms with E-state index in [0.29, 0.717) is 30.9 Å². The predicted molar refractivity (Wildman–Crippen MR) is 108 cm³/mol. The minimum absolute atomic E-state index is 0.0169. The molecule has 8 nitrogen and oxygen atoms in total. The highest BCUT2D eigenvalue weighted by atomic mass is 19.1. The van der Waals surface area contributed by atoms with Crippen molar-refractivity contribution < 1.29 is 18.3 Å². The van der Waals surface area contributed by atoms with Gasteiger partial charge in [0.05, 0.1) is 18.9 Å². The highest BCUT2D eigenvalue weighted by molar-refractivity contribution is 5.32. The summed E-state index contributed by atoms with van der Waals surface area (Å²) < 4.78 is 42.7. The summed E-state index contributed by atoms with van der Waals surface area (Å²) in [4.78, 5) is 16.1. The fraction of sp³-hybridized carbons (Fsp3) is 0.429. The molecule has 2 fully saturated rings. The Labute approximate surface area is 182 Å². The van der Waals surface area contributed by atoms with E-state index in [2.05, 4.69) is 25.0 Å². The zero-order valence-corrected chi connectivity index (χ0v) is 17.2. The van der Waals surface area contributed by atoms with Gasteiger partial charge in [-0.15, -0.1) is 0 Å². The van der Waals surface area contributed by atoms with E-state index in [4.69, 9.17) is 0 Å². The van der Waals surface area contributed by atoms with E-state index in [1.807, 2.05) is 4.90 Å². The molecule has 3 aromatic rings. The highest BCUT2D eigenvalue weighted by Crippen LogP contribution is 2.35. The van der Waals surface area contributed by atoms with Crippen molar-refractivity contribution in [3.05, 3.63) is 66.3 Å². The van der Waals surface area contributed by atoms with Gasteiger partial charge in [-0.1, -0.05) is 6.07 Å². The predicted octanol–water partition coefficient (Wildman–Crippen LogP) is 1.44. The van der Waals surface area contributed by atoms with Gasteiger partial charge >= 0.3 is 0 Å². The van der Waals surface area contributed by atoms with Crippen LogP contribution in [0.25, 0.3) is 0 Å². The molecule has 2 saturated heterocycles. The molecule has 0 bridgehead atoms. The Kier molecular flexibility index (Phi) is 5.30. The number of aromatic nitrogens is 5. The molecule has 0 saturated carbocycles. The molecule has 2 aliphatic rings. The number of β-amino-alcohol motifs (C(OH)–C–C–N with tert-alkyl or cyclic N) is 1. The van der Waals surface area contributed by atoms with E-state index in [9.17, 15) is 18.3 Å². The first kappa shape index (κ1) is 20.8. The van der Waals surface area contributed by atoms with Gasteiger partial charge in [0.2, 0.25) is 5.95 Å². The zero-order chi connectivity index (χ0) is 22.3. The number of anilines is 1. The fourth-order valence-electron chi connectivity index (χ4n) is 4.89. The van der Waals surface area contributed by atoms with Crippen molar-refractivity contribution in [3.63, 3.8) is 0 Å². The lowest BCUT2D eigenvalue weighted by Gasteiger charge is -2.33. The van der Waals surface area contributed by atoms with E-state index < -0.39 is 23.1 Å². The second-order valence-electron chi connectivity index (χ2n) is 8.57. The van der Waals surface area contributed by atoms with E-state index in [1.54, 1.807) is 0 Å². The van der Waals surface area contributed by atoms with E-state index >= 15 is 0 Å². The number of rotatable bonds is 6. The van der Waals surface area contributed by atoms with Crippen molar-refractivity contribution in [2.24, 2.45) is 11.8 Å². The summed E-state index contributed by atoms with van der Waals surface area (Å²) in [5.41, 5.74) is -1.60. The van der Waals surface area contributed by atoms with Gasteiger partial charge < -0.3 is 10.0 Å². The topological polar surface area (TPSA) is 83.2 Å². The van der Waals surface area contributed by atoms with Crippen molar-refractivity contribution in [3.8, 4) is 0 Å². The SMILES string of the molecule is OC(CN1CC2CN(c3ncc(F)cn3)CC2C1)(Cn1cncn1)c1ccc(F)cc1F. The Morgan fingerprint density at radius 1 is 0.969 bits per heavy atom. The summed E-state index contributed by atoms with van der Waals surface area (Å²) >= 11 is 0. The van der Waals surface area contributed by atoms with Crippen LogP contribution >= 0.6 is 0 Å². The van der Waals surface area contributed by atoms with Gasteiger partial charge in [-0.25, -0.2) is 32.8 Å². The smallest absolute Gasteiger partial charge is 0.225 e. The molecule has 11 heteroatoms. The second kappa shape index (κ2) is 8.14. The first-order valence-electron chi connectivity index (χ1n) is 10.3. The molecule has 3 atom stereocenters. The molecule has 4 heterocycles. The van der Waals surface area contributed by atoms with E-state index in [1.165, 1.54) is 23.4 Å². The minimum Gasteiger partial charge on any atom is -0.382 e. The third-order valence-electron chi connectivity index (χ3n) is 6.26. The average molecular weight is 445 g/mol. The van der Waals surface area contributed by atoms with Crippen LogP contribution in [0.1, 0.15) is 5.56 Å². The molecular weight excluding hydrogens is 423 g/mol. The van der Waals surface area contributed by atoms with Crippen LogP contribution in [0.15, 0.2) is 43.2 Å². The average Bonchev–Trinajstić information content (AvgIpc) is 3.45. The van der Waals surface area contributed by atoms with Crippen molar-refractivity contribution in [1.29, 1.82) is 0 Å². The molecule has 32 heavy (non-hydrogen) atoms. The molecule has 5 rings (SSSR count). The lowest BCUT2D eigenvalue weighted by molar-refractivity contribution is -0.0178. The van der Waals surface area contributed by atoms with Crippen LogP contribution in [0.5, 0.6) is 0 Å². The van der Waals surface area contributed by atoms with Crippen LogP contribution in [0.3, 0.4) is 0 Å². The van der Waals surface area contributed by atoms with Gasteiger partial charge in [0.25, 0.3) is 0 Å².